The van der Waals surface area contributed by atoms with Crippen molar-refractivity contribution in [2.75, 3.05) is 20.3 Å². The standard InChI is InChI=1S/C18H21N3O3S/c1-13-15(19-9-8-17(13)24-11-5-10-23-2)12-25-18-20-14-6-3-4-7-16(14)21(18)22/h3-4,6-9,21H,5,10-12H2,1-2H3. The molecule has 1 aliphatic rings. The third-order valence-electron chi connectivity index (χ3n) is 3.92. The summed E-state index contributed by atoms with van der Waals surface area (Å²) in [6, 6.07) is 9.28. The van der Waals surface area contributed by atoms with Crippen LogP contribution in [0.25, 0.3) is 0 Å². The Balaban J connectivity index is 1.62. The predicted octanol–water partition coefficient (Wildman–Crippen LogP) is 2.75. The van der Waals surface area contributed by atoms with E-state index in [1.54, 1.807) is 13.3 Å². The number of nitrogens with one attached hydrogen (secondary N) is 1. The Morgan fingerprint density at radius 1 is 1.20 bits per heavy atom. The maximum atomic E-state index is 12.4. The first-order chi connectivity index (χ1) is 12.2. The maximum Gasteiger partial charge on any atom is 0.268 e. The molecule has 1 aliphatic heterocycles. The highest BCUT2D eigenvalue weighted by molar-refractivity contribution is 8.12. The molecule has 2 aromatic rings. The zero-order valence-electron chi connectivity index (χ0n) is 14.3. The van der Waals surface area contributed by atoms with Crippen LogP contribution in [0.15, 0.2) is 41.5 Å². The van der Waals surface area contributed by atoms with Gasteiger partial charge in [0.25, 0.3) is 5.17 Å². The van der Waals surface area contributed by atoms with E-state index in [0.717, 1.165) is 29.1 Å². The van der Waals surface area contributed by atoms with Crippen molar-refractivity contribution in [3.63, 3.8) is 0 Å². The zero-order chi connectivity index (χ0) is 17.6. The molecule has 0 radical (unpaired) electrons. The fraction of sp³-hybridized carbons (Fsp3) is 0.333. The van der Waals surface area contributed by atoms with E-state index in [1.807, 2.05) is 37.3 Å². The first kappa shape index (κ1) is 17.9. The van der Waals surface area contributed by atoms with Gasteiger partial charge in [0.1, 0.15) is 11.4 Å². The summed E-state index contributed by atoms with van der Waals surface area (Å²) in [5, 5.41) is 12.9. The van der Waals surface area contributed by atoms with Crippen LogP contribution in [0.3, 0.4) is 0 Å². The van der Waals surface area contributed by atoms with Gasteiger partial charge < -0.3 is 14.7 Å². The second kappa shape index (κ2) is 8.44. The van der Waals surface area contributed by atoms with Crippen molar-refractivity contribution in [2.45, 2.75) is 19.1 Å². The number of para-hydroxylation sites is 2. The largest absolute Gasteiger partial charge is 0.622 e. The van der Waals surface area contributed by atoms with Crippen LogP contribution in [-0.4, -0.2) is 30.5 Å². The van der Waals surface area contributed by atoms with Crippen molar-refractivity contribution in [1.82, 2.24) is 4.98 Å². The van der Waals surface area contributed by atoms with E-state index in [1.165, 1.54) is 11.8 Å². The molecule has 1 aromatic carbocycles. The Labute approximate surface area is 151 Å². The average molecular weight is 359 g/mol. The number of hydroxylamine groups is 1. The number of benzene rings is 1. The molecule has 7 heteroatoms. The number of aliphatic imine (C=N–C) groups is 1. The zero-order valence-corrected chi connectivity index (χ0v) is 15.1. The van der Waals surface area contributed by atoms with Crippen LogP contribution in [0, 0.1) is 12.1 Å². The van der Waals surface area contributed by atoms with Crippen molar-refractivity contribution in [2.24, 2.45) is 4.99 Å². The predicted molar refractivity (Wildman–Crippen MR) is 99.8 cm³/mol. The number of methoxy groups -OCH3 is 1. The molecule has 0 amide bonds. The molecular formula is C18H21N3O3S. The van der Waals surface area contributed by atoms with E-state index in [2.05, 4.69) is 9.98 Å². The first-order valence-electron chi connectivity index (χ1n) is 8.12. The van der Waals surface area contributed by atoms with Crippen molar-refractivity contribution < 1.29 is 14.5 Å². The normalized spacial score (nSPS) is 15.8. The van der Waals surface area contributed by atoms with Crippen LogP contribution in [-0.2, 0) is 10.5 Å². The molecule has 1 atom stereocenters. The van der Waals surface area contributed by atoms with Crippen LogP contribution < -0.4 is 9.80 Å². The maximum absolute atomic E-state index is 12.4. The van der Waals surface area contributed by atoms with Crippen LogP contribution >= 0.6 is 11.8 Å². The van der Waals surface area contributed by atoms with Gasteiger partial charge in [-0.3, -0.25) is 10.0 Å². The summed E-state index contributed by atoms with van der Waals surface area (Å²) in [7, 11) is 1.68. The monoisotopic (exact) mass is 359 g/mol. The van der Waals surface area contributed by atoms with Gasteiger partial charge in [0.05, 0.1) is 12.3 Å². The second-order valence-electron chi connectivity index (χ2n) is 5.63. The van der Waals surface area contributed by atoms with Gasteiger partial charge in [-0.05, 0) is 30.8 Å². The average Bonchev–Trinajstić information content (AvgIpc) is 2.95. The molecular weight excluding hydrogens is 338 g/mol. The lowest BCUT2D eigenvalue weighted by Crippen LogP contribution is -3.03. The molecule has 0 saturated heterocycles. The van der Waals surface area contributed by atoms with E-state index in [9.17, 15) is 5.21 Å². The lowest BCUT2D eigenvalue weighted by atomic mass is 10.2. The molecule has 1 unspecified atom stereocenters. The van der Waals surface area contributed by atoms with E-state index in [-0.39, 0.29) is 5.06 Å². The lowest BCUT2D eigenvalue weighted by Gasteiger charge is -2.17. The number of thioether (sulfide) groups is 1. The smallest absolute Gasteiger partial charge is 0.268 e. The Bertz CT molecular complexity index is 767. The van der Waals surface area contributed by atoms with Gasteiger partial charge in [-0.25, -0.2) is 0 Å². The molecule has 1 N–H and O–H groups in total. The fourth-order valence-corrected chi connectivity index (χ4v) is 3.49. The van der Waals surface area contributed by atoms with Crippen LogP contribution in [0.1, 0.15) is 17.7 Å². The highest BCUT2D eigenvalue weighted by Gasteiger charge is 2.24. The summed E-state index contributed by atoms with van der Waals surface area (Å²) in [5.41, 5.74) is 3.32. The van der Waals surface area contributed by atoms with Crippen LogP contribution in [0.5, 0.6) is 5.75 Å². The number of aromatic nitrogens is 1. The Hall–Kier alpha value is -1.93. The van der Waals surface area contributed by atoms with Gasteiger partial charge in [0.15, 0.2) is 5.69 Å². The van der Waals surface area contributed by atoms with Gasteiger partial charge in [-0.2, -0.15) is 4.99 Å². The van der Waals surface area contributed by atoms with Gasteiger partial charge >= 0.3 is 0 Å². The van der Waals surface area contributed by atoms with Gasteiger partial charge in [-0.15, -0.1) is 0 Å². The number of rotatable bonds is 7. The topological polar surface area (TPSA) is 71.2 Å². The molecule has 0 saturated carbocycles. The van der Waals surface area contributed by atoms with Crippen molar-refractivity contribution >= 4 is 28.3 Å². The molecule has 25 heavy (non-hydrogen) atoms. The van der Waals surface area contributed by atoms with Gasteiger partial charge in [-0.1, -0.05) is 12.1 Å². The minimum absolute atomic E-state index is 0.00905. The highest BCUT2D eigenvalue weighted by Crippen LogP contribution is 2.29. The lowest BCUT2D eigenvalue weighted by molar-refractivity contribution is -0.658. The number of pyridine rings is 1. The summed E-state index contributed by atoms with van der Waals surface area (Å²) in [6.45, 7) is 3.27. The van der Waals surface area contributed by atoms with Crippen LogP contribution in [0.4, 0.5) is 11.4 Å². The molecule has 2 heterocycles. The molecule has 3 rings (SSSR count). The number of nitrogens with zero attached hydrogens (tertiary/aromatic N) is 2. The quantitative estimate of drug-likeness (QED) is 0.608. The number of quaternary nitrogens is 1. The summed E-state index contributed by atoms with van der Waals surface area (Å²) >= 11 is 1.42. The minimum Gasteiger partial charge on any atom is -0.622 e. The van der Waals surface area contributed by atoms with Crippen molar-refractivity contribution in [3.8, 4) is 5.75 Å². The Morgan fingerprint density at radius 2 is 2.04 bits per heavy atom. The number of hydrogen-bond acceptors (Lipinski definition) is 6. The van der Waals surface area contributed by atoms with E-state index in [4.69, 9.17) is 9.47 Å². The second-order valence-corrected chi connectivity index (χ2v) is 6.59. The third-order valence-corrected chi connectivity index (χ3v) is 4.89. The number of fused-ring (bicyclic) bond motifs is 1. The van der Waals surface area contributed by atoms with E-state index in [0.29, 0.717) is 29.8 Å². The van der Waals surface area contributed by atoms with Crippen molar-refractivity contribution in [1.29, 1.82) is 0 Å². The summed E-state index contributed by atoms with van der Waals surface area (Å²) < 4.78 is 10.8. The Kier molecular flexibility index (Phi) is 6.04. The number of amidine groups is 1. The molecule has 6 nitrogen and oxygen atoms in total. The molecule has 0 aliphatic carbocycles. The molecule has 1 aromatic heterocycles. The van der Waals surface area contributed by atoms with E-state index < -0.39 is 0 Å². The SMILES string of the molecule is COCCCOc1ccnc(CSC2=Nc3ccccc3[NH+]2[O-])c1C. The number of ether oxygens (including phenoxy) is 2. The summed E-state index contributed by atoms with van der Waals surface area (Å²) in [5.74, 6) is 1.41. The molecule has 132 valence electrons. The summed E-state index contributed by atoms with van der Waals surface area (Å²) in [6.07, 6.45) is 2.58. The summed E-state index contributed by atoms with van der Waals surface area (Å²) in [4.78, 5) is 8.85. The van der Waals surface area contributed by atoms with Crippen molar-refractivity contribution in [3.05, 3.63) is 53.0 Å². The molecule has 0 bridgehead atoms. The fourth-order valence-electron chi connectivity index (χ4n) is 2.52. The first-order valence-corrected chi connectivity index (χ1v) is 9.10. The minimum atomic E-state index is -0.00905. The van der Waals surface area contributed by atoms with Gasteiger partial charge in [0, 0.05) is 43.7 Å². The van der Waals surface area contributed by atoms with Gasteiger partial charge in [0.2, 0.25) is 0 Å². The van der Waals surface area contributed by atoms with E-state index >= 15 is 0 Å². The van der Waals surface area contributed by atoms with Crippen LogP contribution in [0.2, 0.25) is 0 Å². The Morgan fingerprint density at radius 3 is 2.84 bits per heavy atom. The molecule has 0 spiro atoms. The third kappa shape index (κ3) is 4.19. The highest BCUT2D eigenvalue weighted by atomic mass is 32.2. The number of hydrogen-bond donors (Lipinski definition) is 1. The molecule has 0 fully saturated rings.